The number of hydrogen-bond donors (Lipinski definition) is 0. The lowest BCUT2D eigenvalue weighted by atomic mass is 10.3. The van der Waals surface area contributed by atoms with Gasteiger partial charge in [-0.1, -0.05) is 6.08 Å². The molecule has 1 aliphatic rings. The third kappa shape index (κ3) is 1.80. The SMILES string of the molecule is CC(OC(=O)c1ccco1)C1=CC1. The molecule has 1 aliphatic carbocycles. The molecule has 68 valence electrons. The summed E-state index contributed by atoms with van der Waals surface area (Å²) >= 11 is 0. The standard InChI is InChI=1S/C10H10O3/c1-7(8-4-5-8)13-10(11)9-3-2-6-12-9/h2-4,6-7H,5H2,1H3. The highest BCUT2D eigenvalue weighted by molar-refractivity contribution is 5.86. The number of rotatable bonds is 3. The Bertz CT molecular complexity index is 335. The van der Waals surface area contributed by atoms with Crippen molar-refractivity contribution in [1.82, 2.24) is 0 Å². The topological polar surface area (TPSA) is 39.4 Å². The normalized spacial score (nSPS) is 16.2. The van der Waals surface area contributed by atoms with Gasteiger partial charge in [-0.3, -0.25) is 0 Å². The molecule has 1 aromatic rings. The first kappa shape index (κ1) is 8.10. The van der Waals surface area contributed by atoms with E-state index in [2.05, 4.69) is 0 Å². The Morgan fingerprint density at radius 1 is 1.69 bits per heavy atom. The van der Waals surface area contributed by atoms with Crippen molar-refractivity contribution in [3.05, 3.63) is 35.8 Å². The number of furan rings is 1. The van der Waals surface area contributed by atoms with Crippen LogP contribution in [-0.2, 0) is 4.74 Å². The van der Waals surface area contributed by atoms with Gasteiger partial charge in [0.05, 0.1) is 6.26 Å². The van der Waals surface area contributed by atoms with Crippen LogP contribution in [0.4, 0.5) is 0 Å². The minimum Gasteiger partial charge on any atom is -0.457 e. The second-order valence-electron chi connectivity index (χ2n) is 3.01. The quantitative estimate of drug-likeness (QED) is 0.526. The first-order valence-corrected chi connectivity index (χ1v) is 4.21. The van der Waals surface area contributed by atoms with E-state index >= 15 is 0 Å². The fourth-order valence-corrected chi connectivity index (χ4v) is 1.08. The van der Waals surface area contributed by atoms with E-state index in [1.54, 1.807) is 12.1 Å². The molecule has 2 rings (SSSR count). The Hall–Kier alpha value is -1.51. The van der Waals surface area contributed by atoms with Crippen molar-refractivity contribution < 1.29 is 13.9 Å². The van der Waals surface area contributed by atoms with E-state index in [9.17, 15) is 4.79 Å². The lowest BCUT2D eigenvalue weighted by Gasteiger charge is -2.07. The summed E-state index contributed by atoms with van der Waals surface area (Å²) in [5.41, 5.74) is 1.18. The highest BCUT2D eigenvalue weighted by atomic mass is 16.6. The summed E-state index contributed by atoms with van der Waals surface area (Å²) in [5, 5.41) is 0. The fraction of sp³-hybridized carbons (Fsp3) is 0.300. The van der Waals surface area contributed by atoms with Gasteiger partial charge in [-0.15, -0.1) is 0 Å². The van der Waals surface area contributed by atoms with Crippen LogP contribution in [0.2, 0.25) is 0 Å². The van der Waals surface area contributed by atoms with Crippen LogP contribution in [-0.4, -0.2) is 12.1 Å². The molecular formula is C10H10O3. The molecule has 1 unspecified atom stereocenters. The van der Waals surface area contributed by atoms with Gasteiger partial charge >= 0.3 is 5.97 Å². The molecule has 0 fully saturated rings. The van der Waals surface area contributed by atoms with Crippen molar-refractivity contribution >= 4 is 5.97 Å². The predicted molar refractivity (Wildman–Crippen MR) is 46.3 cm³/mol. The van der Waals surface area contributed by atoms with Crippen molar-refractivity contribution in [3.63, 3.8) is 0 Å². The van der Waals surface area contributed by atoms with Crippen LogP contribution in [0.5, 0.6) is 0 Å². The van der Waals surface area contributed by atoms with Gasteiger partial charge in [0.15, 0.2) is 0 Å². The van der Waals surface area contributed by atoms with Crippen molar-refractivity contribution in [2.75, 3.05) is 0 Å². The third-order valence-corrected chi connectivity index (χ3v) is 1.97. The molecule has 0 spiro atoms. The van der Waals surface area contributed by atoms with E-state index in [-0.39, 0.29) is 11.9 Å². The molecule has 0 N–H and O–H groups in total. The summed E-state index contributed by atoms with van der Waals surface area (Å²) in [4.78, 5) is 11.3. The third-order valence-electron chi connectivity index (χ3n) is 1.97. The molecular weight excluding hydrogens is 168 g/mol. The molecule has 0 bridgehead atoms. The number of carbonyl (C=O) groups excluding carboxylic acids is 1. The fourth-order valence-electron chi connectivity index (χ4n) is 1.08. The van der Waals surface area contributed by atoms with Crippen molar-refractivity contribution in [3.8, 4) is 0 Å². The molecule has 3 nitrogen and oxygen atoms in total. The van der Waals surface area contributed by atoms with Gasteiger partial charge in [0.2, 0.25) is 5.76 Å². The second-order valence-corrected chi connectivity index (χ2v) is 3.01. The van der Waals surface area contributed by atoms with Gasteiger partial charge in [-0.2, -0.15) is 0 Å². The zero-order chi connectivity index (χ0) is 9.26. The number of hydrogen-bond acceptors (Lipinski definition) is 3. The van der Waals surface area contributed by atoms with Gasteiger partial charge in [0.25, 0.3) is 0 Å². The van der Waals surface area contributed by atoms with Crippen LogP contribution in [0.15, 0.2) is 34.5 Å². The Labute approximate surface area is 76.0 Å². The number of esters is 1. The lowest BCUT2D eigenvalue weighted by molar-refractivity contribution is 0.0376. The lowest BCUT2D eigenvalue weighted by Crippen LogP contribution is -2.13. The summed E-state index contributed by atoms with van der Waals surface area (Å²) in [6, 6.07) is 3.26. The Morgan fingerprint density at radius 3 is 3.00 bits per heavy atom. The molecule has 1 aromatic heterocycles. The Morgan fingerprint density at radius 2 is 2.46 bits per heavy atom. The van der Waals surface area contributed by atoms with Gasteiger partial charge in [0, 0.05) is 0 Å². The van der Waals surface area contributed by atoms with Gasteiger partial charge in [-0.25, -0.2) is 4.79 Å². The van der Waals surface area contributed by atoms with Crippen LogP contribution < -0.4 is 0 Å². The largest absolute Gasteiger partial charge is 0.457 e. The average molecular weight is 178 g/mol. The van der Waals surface area contributed by atoms with E-state index in [1.165, 1.54) is 11.8 Å². The first-order valence-electron chi connectivity index (χ1n) is 4.21. The Kier molecular flexibility index (Phi) is 1.93. The van der Waals surface area contributed by atoms with Crippen LogP contribution in [0.3, 0.4) is 0 Å². The van der Waals surface area contributed by atoms with Crippen LogP contribution >= 0.6 is 0 Å². The summed E-state index contributed by atoms with van der Waals surface area (Å²) in [7, 11) is 0. The van der Waals surface area contributed by atoms with E-state index in [0.29, 0.717) is 0 Å². The molecule has 0 amide bonds. The molecule has 0 saturated carbocycles. The van der Waals surface area contributed by atoms with Crippen LogP contribution in [0, 0.1) is 0 Å². The highest BCUT2D eigenvalue weighted by Crippen LogP contribution is 2.25. The number of carbonyl (C=O) groups is 1. The maximum absolute atomic E-state index is 11.3. The summed E-state index contributed by atoms with van der Waals surface area (Å²) in [6.07, 6.45) is 4.35. The van der Waals surface area contributed by atoms with E-state index < -0.39 is 5.97 Å². The Balaban J connectivity index is 1.95. The first-order chi connectivity index (χ1) is 6.27. The molecule has 0 aliphatic heterocycles. The maximum atomic E-state index is 11.3. The van der Waals surface area contributed by atoms with E-state index in [0.717, 1.165) is 6.42 Å². The van der Waals surface area contributed by atoms with Crippen molar-refractivity contribution in [2.45, 2.75) is 19.4 Å². The second kappa shape index (κ2) is 3.09. The van der Waals surface area contributed by atoms with E-state index in [1.807, 2.05) is 13.0 Å². The van der Waals surface area contributed by atoms with E-state index in [4.69, 9.17) is 9.15 Å². The molecule has 0 radical (unpaired) electrons. The summed E-state index contributed by atoms with van der Waals surface area (Å²) in [6.45, 7) is 1.86. The van der Waals surface area contributed by atoms with Gasteiger partial charge in [0.1, 0.15) is 6.10 Å². The molecule has 13 heavy (non-hydrogen) atoms. The van der Waals surface area contributed by atoms with Crippen molar-refractivity contribution in [2.24, 2.45) is 0 Å². The monoisotopic (exact) mass is 178 g/mol. The smallest absolute Gasteiger partial charge is 0.374 e. The molecule has 1 atom stereocenters. The van der Waals surface area contributed by atoms with Gasteiger partial charge < -0.3 is 9.15 Å². The zero-order valence-electron chi connectivity index (χ0n) is 7.32. The number of allylic oxidation sites excluding steroid dienone is 1. The zero-order valence-corrected chi connectivity index (χ0v) is 7.32. The molecule has 3 heteroatoms. The molecule has 0 aromatic carbocycles. The van der Waals surface area contributed by atoms with Crippen molar-refractivity contribution in [1.29, 1.82) is 0 Å². The summed E-state index contributed by atoms with van der Waals surface area (Å²) < 4.78 is 10.0. The highest BCUT2D eigenvalue weighted by Gasteiger charge is 2.21. The summed E-state index contributed by atoms with van der Waals surface area (Å²) in [5.74, 6) is -0.140. The van der Waals surface area contributed by atoms with Crippen LogP contribution in [0.25, 0.3) is 0 Å². The average Bonchev–Trinajstić information content (AvgIpc) is 2.81. The minimum atomic E-state index is -0.398. The molecule has 1 heterocycles. The van der Waals surface area contributed by atoms with Crippen LogP contribution in [0.1, 0.15) is 23.9 Å². The maximum Gasteiger partial charge on any atom is 0.374 e. The molecule has 0 saturated heterocycles. The number of ether oxygens (including phenoxy) is 1. The minimum absolute atomic E-state index is 0.113. The van der Waals surface area contributed by atoms with Gasteiger partial charge in [-0.05, 0) is 31.1 Å². The predicted octanol–water partition coefficient (Wildman–Crippen LogP) is 2.16.